The maximum absolute atomic E-state index is 12.7. The second-order valence-corrected chi connectivity index (χ2v) is 8.12. The van der Waals surface area contributed by atoms with Gasteiger partial charge < -0.3 is 9.47 Å². The highest BCUT2D eigenvalue weighted by atomic mass is 32.2. The van der Waals surface area contributed by atoms with Crippen molar-refractivity contribution < 1.29 is 17.9 Å². The second-order valence-electron chi connectivity index (χ2n) is 6.44. The Morgan fingerprint density at radius 2 is 1.92 bits per heavy atom. The monoisotopic (exact) mass is 347 g/mol. The standard InChI is InChI=1S/C18H21NO4S/c1-18(2)11-10-13-12-14(8-9-16(13)23-18)24(20,21)19-15-6-4-5-7-17(15)22-3/h4-9,12,19H,10-11H2,1-3H3. The van der Waals surface area contributed by atoms with Gasteiger partial charge in [-0.05, 0) is 62.6 Å². The van der Waals surface area contributed by atoms with Gasteiger partial charge in [0.2, 0.25) is 0 Å². The van der Waals surface area contributed by atoms with Crippen LogP contribution in [0.2, 0.25) is 0 Å². The zero-order valence-corrected chi connectivity index (χ0v) is 14.8. The van der Waals surface area contributed by atoms with Crippen LogP contribution in [0.1, 0.15) is 25.8 Å². The number of fused-ring (bicyclic) bond motifs is 1. The molecule has 128 valence electrons. The Kier molecular flexibility index (Phi) is 4.17. The molecule has 0 saturated carbocycles. The molecule has 0 spiro atoms. The van der Waals surface area contributed by atoms with E-state index < -0.39 is 10.0 Å². The Bertz CT molecular complexity index is 859. The fourth-order valence-electron chi connectivity index (χ4n) is 2.73. The average molecular weight is 347 g/mol. The number of methoxy groups -OCH3 is 1. The summed E-state index contributed by atoms with van der Waals surface area (Å²) in [6.07, 6.45) is 1.64. The topological polar surface area (TPSA) is 64.6 Å². The smallest absolute Gasteiger partial charge is 0.262 e. The Balaban J connectivity index is 1.91. The molecule has 1 aliphatic rings. The molecule has 0 unspecified atom stereocenters. The summed E-state index contributed by atoms with van der Waals surface area (Å²) in [7, 11) is -2.19. The second kappa shape index (κ2) is 6.02. The molecule has 0 atom stereocenters. The molecule has 0 fully saturated rings. The number of para-hydroxylation sites is 2. The molecular formula is C18H21NO4S. The van der Waals surface area contributed by atoms with Crippen LogP contribution >= 0.6 is 0 Å². The third-order valence-corrected chi connectivity index (χ3v) is 5.44. The van der Waals surface area contributed by atoms with Crippen molar-refractivity contribution in [3.05, 3.63) is 48.0 Å². The lowest BCUT2D eigenvalue weighted by Gasteiger charge is -2.32. The van der Waals surface area contributed by atoms with Gasteiger partial charge in [-0.15, -0.1) is 0 Å². The number of sulfonamides is 1. The van der Waals surface area contributed by atoms with Crippen molar-refractivity contribution in [2.75, 3.05) is 11.8 Å². The van der Waals surface area contributed by atoms with Gasteiger partial charge in [0.05, 0.1) is 17.7 Å². The Labute approximate surface area is 142 Å². The quantitative estimate of drug-likeness (QED) is 0.918. The molecule has 2 aromatic rings. The lowest BCUT2D eigenvalue weighted by Crippen LogP contribution is -2.32. The lowest BCUT2D eigenvalue weighted by molar-refractivity contribution is 0.0845. The highest BCUT2D eigenvalue weighted by Crippen LogP contribution is 2.35. The van der Waals surface area contributed by atoms with Crippen molar-refractivity contribution in [1.29, 1.82) is 0 Å². The summed E-state index contributed by atoms with van der Waals surface area (Å²) in [6, 6.07) is 11.9. The zero-order chi connectivity index (χ0) is 17.4. The Morgan fingerprint density at radius 3 is 2.67 bits per heavy atom. The van der Waals surface area contributed by atoms with Crippen LogP contribution in [0.3, 0.4) is 0 Å². The fourth-order valence-corrected chi connectivity index (χ4v) is 3.86. The van der Waals surface area contributed by atoms with Gasteiger partial charge in [0.25, 0.3) is 10.0 Å². The molecule has 0 amide bonds. The van der Waals surface area contributed by atoms with E-state index in [1.807, 2.05) is 13.8 Å². The van der Waals surface area contributed by atoms with Gasteiger partial charge in [-0.25, -0.2) is 8.42 Å². The van der Waals surface area contributed by atoms with Crippen molar-refractivity contribution in [3.63, 3.8) is 0 Å². The molecule has 0 aliphatic carbocycles. The maximum Gasteiger partial charge on any atom is 0.262 e. The molecular weight excluding hydrogens is 326 g/mol. The molecule has 3 rings (SSSR count). The largest absolute Gasteiger partial charge is 0.495 e. The first-order valence-electron chi connectivity index (χ1n) is 7.78. The molecule has 2 aromatic carbocycles. The summed E-state index contributed by atoms with van der Waals surface area (Å²) >= 11 is 0. The van der Waals surface area contributed by atoms with Crippen molar-refractivity contribution in [1.82, 2.24) is 0 Å². The normalized spacial score (nSPS) is 16.0. The molecule has 0 saturated heterocycles. The minimum absolute atomic E-state index is 0.218. The molecule has 1 N–H and O–H groups in total. The summed E-state index contributed by atoms with van der Waals surface area (Å²) in [6.45, 7) is 4.06. The van der Waals surface area contributed by atoms with Crippen LogP contribution in [0.15, 0.2) is 47.4 Å². The van der Waals surface area contributed by atoms with Gasteiger partial charge >= 0.3 is 0 Å². The number of nitrogens with one attached hydrogen (secondary N) is 1. The van der Waals surface area contributed by atoms with Gasteiger partial charge in [-0.3, -0.25) is 4.72 Å². The first-order chi connectivity index (χ1) is 11.3. The van der Waals surface area contributed by atoms with E-state index in [2.05, 4.69) is 4.72 Å². The third kappa shape index (κ3) is 3.33. The predicted molar refractivity (Wildman–Crippen MR) is 93.3 cm³/mol. The number of anilines is 1. The molecule has 5 nitrogen and oxygen atoms in total. The molecule has 24 heavy (non-hydrogen) atoms. The van der Waals surface area contributed by atoms with Crippen LogP contribution in [0.5, 0.6) is 11.5 Å². The number of ether oxygens (including phenoxy) is 2. The van der Waals surface area contributed by atoms with E-state index in [9.17, 15) is 8.42 Å². The summed E-state index contributed by atoms with van der Waals surface area (Å²) in [5.74, 6) is 1.23. The summed E-state index contributed by atoms with van der Waals surface area (Å²) in [5, 5.41) is 0. The van der Waals surface area contributed by atoms with Gasteiger partial charge in [0.1, 0.15) is 17.1 Å². The SMILES string of the molecule is COc1ccccc1NS(=O)(=O)c1ccc2c(c1)CCC(C)(C)O2. The predicted octanol–water partition coefficient (Wildman–Crippen LogP) is 3.60. The Hall–Kier alpha value is -2.21. The van der Waals surface area contributed by atoms with E-state index in [1.165, 1.54) is 7.11 Å². The molecule has 0 bridgehead atoms. The van der Waals surface area contributed by atoms with Crippen molar-refractivity contribution >= 4 is 15.7 Å². The molecule has 1 heterocycles. The van der Waals surface area contributed by atoms with Gasteiger partial charge in [-0.1, -0.05) is 12.1 Å². The van der Waals surface area contributed by atoms with Crippen LogP contribution < -0.4 is 14.2 Å². The summed E-state index contributed by atoms with van der Waals surface area (Å²) < 4.78 is 39.0. The van der Waals surface area contributed by atoms with Gasteiger partial charge in [0, 0.05) is 0 Å². The van der Waals surface area contributed by atoms with E-state index in [4.69, 9.17) is 9.47 Å². The van der Waals surface area contributed by atoms with E-state index in [1.54, 1.807) is 42.5 Å². The number of hydrogen-bond donors (Lipinski definition) is 1. The van der Waals surface area contributed by atoms with E-state index in [0.29, 0.717) is 11.4 Å². The number of hydrogen-bond acceptors (Lipinski definition) is 4. The van der Waals surface area contributed by atoms with Crippen molar-refractivity contribution in [2.45, 2.75) is 37.2 Å². The highest BCUT2D eigenvalue weighted by molar-refractivity contribution is 7.92. The van der Waals surface area contributed by atoms with Crippen LogP contribution in [0.25, 0.3) is 0 Å². The van der Waals surface area contributed by atoms with Crippen molar-refractivity contribution in [3.8, 4) is 11.5 Å². The fraction of sp³-hybridized carbons (Fsp3) is 0.333. The van der Waals surface area contributed by atoms with Gasteiger partial charge in [0.15, 0.2) is 0 Å². The minimum atomic E-state index is -3.69. The molecule has 0 aromatic heterocycles. The number of rotatable bonds is 4. The first-order valence-corrected chi connectivity index (χ1v) is 9.27. The van der Waals surface area contributed by atoms with Crippen LogP contribution in [-0.2, 0) is 16.4 Å². The molecule has 6 heteroatoms. The van der Waals surface area contributed by atoms with E-state index >= 15 is 0 Å². The number of aryl methyl sites for hydroxylation is 1. The third-order valence-electron chi connectivity index (χ3n) is 4.08. The maximum atomic E-state index is 12.7. The molecule has 0 radical (unpaired) electrons. The summed E-state index contributed by atoms with van der Waals surface area (Å²) in [5.41, 5.74) is 1.11. The van der Waals surface area contributed by atoms with E-state index in [0.717, 1.165) is 24.2 Å². The minimum Gasteiger partial charge on any atom is -0.495 e. The highest BCUT2D eigenvalue weighted by Gasteiger charge is 2.28. The van der Waals surface area contributed by atoms with Crippen molar-refractivity contribution in [2.24, 2.45) is 0 Å². The van der Waals surface area contributed by atoms with E-state index in [-0.39, 0.29) is 10.5 Å². The van der Waals surface area contributed by atoms with Crippen LogP contribution in [-0.4, -0.2) is 21.1 Å². The lowest BCUT2D eigenvalue weighted by atomic mass is 9.94. The van der Waals surface area contributed by atoms with Gasteiger partial charge in [-0.2, -0.15) is 0 Å². The first kappa shape index (κ1) is 16.6. The average Bonchev–Trinajstić information content (AvgIpc) is 2.53. The zero-order valence-electron chi connectivity index (χ0n) is 14.0. The Morgan fingerprint density at radius 1 is 1.17 bits per heavy atom. The van der Waals surface area contributed by atoms with Crippen LogP contribution in [0.4, 0.5) is 5.69 Å². The molecule has 1 aliphatic heterocycles. The van der Waals surface area contributed by atoms with Crippen LogP contribution in [0, 0.1) is 0 Å². The number of benzene rings is 2. The summed E-state index contributed by atoms with van der Waals surface area (Å²) in [4.78, 5) is 0.218.